The van der Waals surface area contributed by atoms with Crippen LogP contribution in [0.25, 0.3) is 0 Å². The van der Waals surface area contributed by atoms with Gasteiger partial charge in [0, 0.05) is 37.2 Å². The van der Waals surface area contributed by atoms with Crippen LogP contribution in [0.15, 0.2) is 10.6 Å². The second kappa shape index (κ2) is 6.77. The van der Waals surface area contributed by atoms with Crippen LogP contribution in [0, 0.1) is 0 Å². The molecule has 2 N–H and O–H groups in total. The van der Waals surface area contributed by atoms with E-state index in [0.29, 0.717) is 18.0 Å². The molecule has 0 amide bonds. The molecular formula is C13H25N3O. The molecule has 4 nitrogen and oxygen atoms in total. The zero-order valence-electron chi connectivity index (χ0n) is 11.6. The van der Waals surface area contributed by atoms with Gasteiger partial charge in [0.15, 0.2) is 0 Å². The molecule has 0 bridgehead atoms. The van der Waals surface area contributed by atoms with Crippen LogP contribution in [-0.2, 0) is 6.54 Å². The molecule has 0 radical (unpaired) electrons. The third kappa shape index (κ3) is 5.33. The average molecular weight is 239 g/mol. The molecule has 0 aromatic carbocycles. The summed E-state index contributed by atoms with van der Waals surface area (Å²) in [7, 11) is 0. The van der Waals surface area contributed by atoms with Gasteiger partial charge in [-0.05, 0) is 6.92 Å². The summed E-state index contributed by atoms with van der Waals surface area (Å²) >= 11 is 0. The molecule has 1 heterocycles. The van der Waals surface area contributed by atoms with E-state index in [1.165, 1.54) is 0 Å². The first-order valence-electron chi connectivity index (χ1n) is 6.41. The maximum Gasteiger partial charge on any atom is 0.139 e. The molecular weight excluding hydrogens is 214 g/mol. The number of nitrogens with one attached hydrogen (secondary N) is 2. The van der Waals surface area contributed by atoms with Crippen molar-refractivity contribution in [1.82, 2.24) is 15.8 Å². The Labute approximate surface area is 104 Å². The van der Waals surface area contributed by atoms with Gasteiger partial charge in [0.25, 0.3) is 0 Å². The Morgan fingerprint density at radius 1 is 1.18 bits per heavy atom. The lowest BCUT2D eigenvalue weighted by Crippen LogP contribution is -2.38. The van der Waals surface area contributed by atoms with E-state index in [-0.39, 0.29) is 0 Å². The zero-order valence-corrected chi connectivity index (χ0v) is 11.6. The van der Waals surface area contributed by atoms with Crippen LogP contribution in [0.4, 0.5) is 0 Å². The van der Waals surface area contributed by atoms with Crippen molar-refractivity contribution in [2.45, 2.75) is 59.2 Å². The maximum atomic E-state index is 5.25. The van der Waals surface area contributed by atoms with E-state index >= 15 is 0 Å². The van der Waals surface area contributed by atoms with Gasteiger partial charge in [-0.15, -0.1) is 0 Å². The molecule has 0 saturated heterocycles. The summed E-state index contributed by atoms with van der Waals surface area (Å²) in [4.78, 5) is 0. The van der Waals surface area contributed by atoms with Crippen LogP contribution in [-0.4, -0.2) is 23.8 Å². The Morgan fingerprint density at radius 2 is 1.88 bits per heavy atom. The fourth-order valence-electron chi connectivity index (χ4n) is 1.45. The van der Waals surface area contributed by atoms with E-state index in [4.69, 9.17) is 4.52 Å². The molecule has 0 saturated carbocycles. The van der Waals surface area contributed by atoms with E-state index in [0.717, 1.165) is 24.5 Å². The first-order chi connectivity index (χ1) is 7.99. The molecule has 0 aliphatic carbocycles. The SMILES string of the molecule is CC(C)NCC(C)NCc1cc(C(C)C)on1. The van der Waals surface area contributed by atoms with Gasteiger partial charge in [-0.1, -0.05) is 32.9 Å². The highest BCUT2D eigenvalue weighted by molar-refractivity contribution is 5.08. The molecule has 0 aliphatic rings. The van der Waals surface area contributed by atoms with Crippen molar-refractivity contribution >= 4 is 0 Å². The van der Waals surface area contributed by atoms with Crippen LogP contribution >= 0.6 is 0 Å². The standard InChI is InChI=1S/C13H25N3O/c1-9(2)13-6-12(16-17-13)8-15-11(5)7-14-10(3)4/h6,9-11,14-15H,7-8H2,1-5H3. The van der Waals surface area contributed by atoms with Gasteiger partial charge in [-0.2, -0.15) is 0 Å². The lowest BCUT2D eigenvalue weighted by molar-refractivity contribution is 0.362. The maximum absolute atomic E-state index is 5.25. The quantitative estimate of drug-likeness (QED) is 0.766. The lowest BCUT2D eigenvalue weighted by Gasteiger charge is -2.15. The third-order valence-corrected chi connectivity index (χ3v) is 2.61. The highest BCUT2D eigenvalue weighted by atomic mass is 16.5. The predicted octanol–water partition coefficient (Wildman–Crippen LogP) is 2.27. The largest absolute Gasteiger partial charge is 0.361 e. The van der Waals surface area contributed by atoms with Gasteiger partial charge in [0.1, 0.15) is 5.76 Å². The first kappa shape index (κ1) is 14.2. The fourth-order valence-corrected chi connectivity index (χ4v) is 1.45. The molecule has 1 rings (SSSR count). The number of aromatic nitrogens is 1. The van der Waals surface area contributed by atoms with Gasteiger partial charge in [-0.25, -0.2) is 0 Å². The average Bonchev–Trinajstić information content (AvgIpc) is 2.72. The summed E-state index contributed by atoms with van der Waals surface area (Å²) in [5.74, 6) is 1.35. The highest BCUT2D eigenvalue weighted by Gasteiger charge is 2.08. The third-order valence-electron chi connectivity index (χ3n) is 2.61. The van der Waals surface area contributed by atoms with Gasteiger partial charge in [-0.3, -0.25) is 0 Å². The summed E-state index contributed by atoms with van der Waals surface area (Å²) in [5, 5.41) is 10.9. The fraction of sp³-hybridized carbons (Fsp3) is 0.769. The van der Waals surface area contributed by atoms with E-state index < -0.39 is 0 Å². The molecule has 0 aliphatic heterocycles. The molecule has 1 unspecified atom stereocenters. The number of nitrogens with zero attached hydrogens (tertiary/aromatic N) is 1. The first-order valence-corrected chi connectivity index (χ1v) is 6.41. The summed E-state index contributed by atoms with van der Waals surface area (Å²) in [6, 6.07) is 2.98. The van der Waals surface area contributed by atoms with E-state index in [9.17, 15) is 0 Å². The van der Waals surface area contributed by atoms with Crippen molar-refractivity contribution in [1.29, 1.82) is 0 Å². The molecule has 98 valence electrons. The van der Waals surface area contributed by atoms with Crippen LogP contribution in [0.1, 0.15) is 52.0 Å². The zero-order chi connectivity index (χ0) is 12.8. The Balaban J connectivity index is 2.29. The number of hydrogen-bond donors (Lipinski definition) is 2. The van der Waals surface area contributed by atoms with Crippen molar-refractivity contribution in [2.24, 2.45) is 0 Å². The van der Waals surface area contributed by atoms with Crippen molar-refractivity contribution in [3.05, 3.63) is 17.5 Å². The monoisotopic (exact) mass is 239 g/mol. The second-order valence-electron chi connectivity index (χ2n) is 5.22. The van der Waals surface area contributed by atoms with Gasteiger partial charge in [0.2, 0.25) is 0 Å². The Kier molecular flexibility index (Phi) is 5.65. The van der Waals surface area contributed by atoms with Crippen LogP contribution < -0.4 is 10.6 Å². The lowest BCUT2D eigenvalue weighted by atomic mass is 10.1. The predicted molar refractivity (Wildman–Crippen MR) is 70.0 cm³/mol. The molecule has 1 aromatic rings. The topological polar surface area (TPSA) is 50.1 Å². The van der Waals surface area contributed by atoms with Gasteiger partial charge < -0.3 is 15.2 Å². The summed E-state index contributed by atoms with van der Waals surface area (Å²) in [6.45, 7) is 12.4. The van der Waals surface area contributed by atoms with Gasteiger partial charge >= 0.3 is 0 Å². The normalized spacial score (nSPS) is 13.6. The second-order valence-corrected chi connectivity index (χ2v) is 5.22. The van der Waals surface area contributed by atoms with Crippen LogP contribution in [0.2, 0.25) is 0 Å². The highest BCUT2D eigenvalue weighted by Crippen LogP contribution is 2.14. The number of rotatable bonds is 7. The smallest absolute Gasteiger partial charge is 0.139 e. The van der Waals surface area contributed by atoms with Crippen LogP contribution in [0.5, 0.6) is 0 Å². The summed E-state index contributed by atoms with van der Waals surface area (Å²) in [6.07, 6.45) is 0. The molecule has 1 aromatic heterocycles. The molecule has 17 heavy (non-hydrogen) atoms. The minimum absolute atomic E-state index is 0.399. The molecule has 4 heteroatoms. The van der Waals surface area contributed by atoms with Crippen molar-refractivity contribution in [2.75, 3.05) is 6.54 Å². The minimum atomic E-state index is 0.399. The molecule has 0 spiro atoms. The Hall–Kier alpha value is -0.870. The van der Waals surface area contributed by atoms with E-state index in [1.807, 2.05) is 6.07 Å². The van der Waals surface area contributed by atoms with Gasteiger partial charge in [0.05, 0.1) is 5.69 Å². The Morgan fingerprint density at radius 3 is 2.41 bits per heavy atom. The van der Waals surface area contributed by atoms with Crippen molar-refractivity contribution in [3.63, 3.8) is 0 Å². The summed E-state index contributed by atoms with van der Waals surface area (Å²) < 4.78 is 5.25. The molecule has 1 atom stereocenters. The number of hydrogen-bond acceptors (Lipinski definition) is 4. The van der Waals surface area contributed by atoms with E-state index in [2.05, 4.69) is 50.4 Å². The van der Waals surface area contributed by atoms with Crippen molar-refractivity contribution < 1.29 is 4.52 Å². The van der Waals surface area contributed by atoms with Crippen molar-refractivity contribution in [3.8, 4) is 0 Å². The van der Waals surface area contributed by atoms with E-state index in [1.54, 1.807) is 0 Å². The summed E-state index contributed by atoms with van der Waals surface area (Å²) in [5.41, 5.74) is 0.977. The molecule has 0 fully saturated rings. The minimum Gasteiger partial charge on any atom is -0.361 e. The van der Waals surface area contributed by atoms with Crippen LogP contribution in [0.3, 0.4) is 0 Å². The Bertz CT molecular complexity index is 320.